The zero-order chi connectivity index (χ0) is 15.2. The van der Waals surface area contributed by atoms with E-state index < -0.39 is 0 Å². The fourth-order valence-corrected chi connectivity index (χ4v) is 2.08. The first-order chi connectivity index (χ1) is 10.1. The van der Waals surface area contributed by atoms with Crippen molar-refractivity contribution in [2.75, 3.05) is 11.9 Å². The molecule has 0 radical (unpaired) electrons. The van der Waals surface area contributed by atoms with Gasteiger partial charge in [0.05, 0.1) is 0 Å². The minimum atomic E-state index is -0.243. The van der Waals surface area contributed by atoms with Crippen LogP contribution in [0.15, 0.2) is 41.5 Å². The van der Waals surface area contributed by atoms with Gasteiger partial charge in [-0.15, -0.1) is 0 Å². The number of hydrogen-bond acceptors (Lipinski definition) is 3. The summed E-state index contributed by atoms with van der Waals surface area (Å²) in [5.74, 6) is 0.519. The van der Waals surface area contributed by atoms with Gasteiger partial charge in [-0.2, -0.15) is 0 Å². The van der Waals surface area contributed by atoms with Crippen molar-refractivity contribution in [3.8, 4) is 0 Å². The summed E-state index contributed by atoms with van der Waals surface area (Å²) in [6.07, 6.45) is 4.04. The molecule has 5 heteroatoms. The molecule has 0 aliphatic rings. The van der Waals surface area contributed by atoms with Gasteiger partial charge in [-0.05, 0) is 30.0 Å². The maximum Gasteiger partial charge on any atom is 0.293 e. The molecule has 112 valence electrons. The molecular weight excluding hydrogens is 269 g/mol. The quantitative estimate of drug-likeness (QED) is 0.889. The van der Waals surface area contributed by atoms with Crippen LogP contribution >= 0.6 is 0 Å². The van der Waals surface area contributed by atoms with Crippen molar-refractivity contribution < 1.29 is 4.39 Å². The van der Waals surface area contributed by atoms with E-state index in [1.54, 1.807) is 29.1 Å². The minimum absolute atomic E-state index is 0.106. The third-order valence-corrected chi connectivity index (χ3v) is 3.09. The summed E-state index contributed by atoms with van der Waals surface area (Å²) >= 11 is 0. The molecule has 0 amide bonds. The van der Waals surface area contributed by atoms with Crippen LogP contribution in [0.3, 0.4) is 0 Å². The largest absolute Gasteiger partial charge is 0.365 e. The molecule has 0 saturated heterocycles. The first-order valence-electron chi connectivity index (χ1n) is 7.10. The van der Waals surface area contributed by atoms with Crippen LogP contribution in [0.1, 0.15) is 19.4 Å². The normalized spacial score (nSPS) is 10.9. The molecule has 0 atom stereocenters. The zero-order valence-corrected chi connectivity index (χ0v) is 12.3. The third kappa shape index (κ3) is 4.41. The van der Waals surface area contributed by atoms with Gasteiger partial charge in [0.25, 0.3) is 5.56 Å². The average Bonchev–Trinajstić information content (AvgIpc) is 2.44. The second-order valence-electron chi connectivity index (χ2n) is 5.43. The summed E-state index contributed by atoms with van der Waals surface area (Å²) in [5, 5.41) is 3.05. The lowest BCUT2D eigenvalue weighted by Gasteiger charge is -2.10. The van der Waals surface area contributed by atoms with Crippen molar-refractivity contribution in [1.82, 2.24) is 9.55 Å². The topological polar surface area (TPSA) is 46.9 Å². The Morgan fingerprint density at radius 3 is 2.67 bits per heavy atom. The highest BCUT2D eigenvalue weighted by Gasteiger charge is 2.05. The fourth-order valence-electron chi connectivity index (χ4n) is 2.08. The van der Waals surface area contributed by atoms with Gasteiger partial charge in [0.1, 0.15) is 5.82 Å². The molecule has 0 bridgehead atoms. The van der Waals surface area contributed by atoms with Crippen LogP contribution in [0.25, 0.3) is 0 Å². The molecule has 1 N–H and O–H groups in total. The minimum Gasteiger partial charge on any atom is -0.365 e. The third-order valence-electron chi connectivity index (χ3n) is 3.09. The standard InChI is InChI=1S/C16H20FN3O/c1-12(2)11-20-10-9-19-15(16(20)21)18-8-7-13-3-5-14(17)6-4-13/h3-6,9-10,12H,7-8,11H2,1-2H3,(H,18,19). The van der Waals surface area contributed by atoms with Crippen molar-refractivity contribution in [2.24, 2.45) is 5.92 Å². The van der Waals surface area contributed by atoms with E-state index >= 15 is 0 Å². The number of aromatic nitrogens is 2. The summed E-state index contributed by atoms with van der Waals surface area (Å²) in [4.78, 5) is 16.3. The Labute approximate surface area is 123 Å². The fraction of sp³-hybridized carbons (Fsp3) is 0.375. The summed E-state index contributed by atoms with van der Waals surface area (Å²) < 4.78 is 14.5. The molecule has 21 heavy (non-hydrogen) atoms. The molecule has 0 aliphatic heterocycles. The van der Waals surface area contributed by atoms with Crippen LogP contribution in [0, 0.1) is 11.7 Å². The van der Waals surface area contributed by atoms with Crippen LogP contribution < -0.4 is 10.9 Å². The summed E-state index contributed by atoms with van der Waals surface area (Å²) in [6.45, 7) is 5.39. The van der Waals surface area contributed by atoms with E-state index in [4.69, 9.17) is 0 Å². The Hall–Kier alpha value is -2.17. The Morgan fingerprint density at radius 2 is 2.00 bits per heavy atom. The highest BCUT2D eigenvalue weighted by atomic mass is 19.1. The molecule has 1 aromatic carbocycles. The van der Waals surface area contributed by atoms with E-state index in [0.717, 1.165) is 5.56 Å². The van der Waals surface area contributed by atoms with Crippen molar-refractivity contribution in [3.63, 3.8) is 0 Å². The van der Waals surface area contributed by atoms with Crippen molar-refractivity contribution in [2.45, 2.75) is 26.8 Å². The SMILES string of the molecule is CC(C)Cn1ccnc(NCCc2ccc(F)cc2)c1=O. The second kappa shape index (κ2) is 7.02. The Bertz CT molecular complexity index is 635. The van der Waals surface area contributed by atoms with Crippen LogP contribution in [-0.2, 0) is 13.0 Å². The van der Waals surface area contributed by atoms with Crippen LogP contribution in [-0.4, -0.2) is 16.1 Å². The van der Waals surface area contributed by atoms with Gasteiger partial charge in [-0.3, -0.25) is 4.79 Å². The highest BCUT2D eigenvalue weighted by molar-refractivity contribution is 5.31. The molecule has 0 fully saturated rings. The molecule has 0 aliphatic carbocycles. The monoisotopic (exact) mass is 289 g/mol. The Morgan fingerprint density at radius 1 is 1.29 bits per heavy atom. The van der Waals surface area contributed by atoms with Gasteiger partial charge in [-0.25, -0.2) is 9.37 Å². The number of nitrogens with zero attached hydrogens (tertiary/aromatic N) is 2. The second-order valence-corrected chi connectivity index (χ2v) is 5.43. The molecule has 0 saturated carbocycles. The summed E-state index contributed by atoms with van der Waals surface area (Å²) in [7, 11) is 0. The summed E-state index contributed by atoms with van der Waals surface area (Å²) in [6, 6.07) is 6.36. The van der Waals surface area contributed by atoms with Crippen LogP contribution in [0.2, 0.25) is 0 Å². The number of anilines is 1. The predicted molar refractivity (Wildman–Crippen MR) is 81.9 cm³/mol. The molecule has 0 unspecified atom stereocenters. The number of nitrogens with one attached hydrogen (secondary N) is 1. The van der Waals surface area contributed by atoms with E-state index in [-0.39, 0.29) is 11.4 Å². The molecule has 4 nitrogen and oxygen atoms in total. The number of hydrogen-bond donors (Lipinski definition) is 1. The first-order valence-corrected chi connectivity index (χ1v) is 7.10. The summed E-state index contributed by atoms with van der Waals surface area (Å²) in [5.41, 5.74) is 0.910. The lowest BCUT2D eigenvalue weighted by molar-refractivity contribution is 0.509. The van der Waals surface area contributed by atoms with Crippen molar-refractivity contribution >= 4 is 5.82 Å². The van der Waals surface area contributed by atoms with Gasteiger partial charge in [0, 0.05) is 25.5 Å². The molecule has 0 spiro atoms. The predicted octanol–water partition coefficient (Wildman–Crippen LogP) is 2.69. The van der Waals surface area contributed by atoms with E-state index in [1.807, 2.05) is 0 Å². The van der Waals surface area contributed by atoms with Crippen molar-refractivity contribution in [3.05, 3.63) is 58.4 Å². The highest BCUT2D eigenvalue weighted by Crippen LogP contribution is 2.04. The number of halogens is 1. The molecule has 1 heterocycles. The zero-order valence-electron chi connectivity index (χ0n) is 12.3. The van der Waals surface area contributed by atoms with Gasteiger partial charge in [-0.1, -0.05) is 26.0 Å². The van der Waals surface area contributed by atoms with E-state index in [1.165, 1.54) is 12.1 Å². The van der Waals surface area contributed by atoms with Gasteiger partial charge < -0.3 is 9.88 Å². The molecule has 2 aromatic rings. The van der Waals surface area contributed by atoms with E-state index in [0.29, 0.717) is 31.2 Å². The van der Waals surface area contributed by atoms with Crippen molar-refractivity contribution in [1.29, 1.82) is 0 Å². The smallest absolute Gasteiger partial charge is 0.293 e. The van der Waals surface area contributed by atoms with Gasteiger partial charge in [0.15, 0.2) is 5.82 Å². The Kier molecular flexibility index (Phi) is 5.09. The molecular formula is C16H20FN3O. The van der Waals surface area contributed by atoms with Gasteiger partial charge in [0.2, 0.25) is 0 Å². The lowest BCUT2D eigenvalue weighted by atomic mass is 10.1. The number of rotatable bonds is 6. The van der Waals surface area contributed by atoms with E-state index in [9.17, 15) is 9.18 Å². The average molecular weight is 289 g/mol. The molecule has 2 rings (SSSR count). The maximum atomic E-state index is 12.8. The maximum absolute atomic E-state index is 12.8. The van der Waals surface area contributed by atoms with E-state index in [2.05, 4.69) is 24.1 Å². The van der Waals surface area contributed by atoms with Crippen LogP contribution in [0.4, 0.5) is 10.2 Å². The number of benzene rings is 1. The first kappa shape index (κ1) is 15.2. The Balaban J connectivity index is 1.97. The van der Waals surface area contributed by atoms with Crippen LogP contribution in [0.5, 0.6) is 0 Å². The van der Waals surface area contributed by atoms with Gasteiger partial charge >= 0.3 is 0 Å². The lowest BCUT2D eigenvalue weighted by Crippen LogP contribution is -2.26. The molecule has 1 aromatic heterocycles.